The molecule has 0 unspecified atom stereocenters. The highest BCUT2D eigenvalue weighted by Crippen LogP contribution is 2.18. The van der Waals surface area contributed by atoms with Crippen molar-refractivity contribution in [1.82, 2.24) is 5.32 Å². The van der Waals surface area contributed by atoms with Gasteiger partial charge in [0.1, 0.15) is 11.6 Å². The fraction of sp³-hybridized carbons (Fsp3) is 0.533. The maximum atomic E-state index is 13.1. The molecule has 0 bridgehead atoms. The van der Waals surface area contributed by atoms with Crippen LogP contribution in [0, 0.1) is 12.7 Å². The number of hydrogen-bond acceptors (Lipinski definition) is 2. The minimum Gasteiger partial charge on any atom is -0.484 e. The average molecular weight is 265 g/mol. The lowest BCUT2D eigenvalue weighted by Gasteiger charge is -2.22. The van der Waals surface area contributed by atoms with Crippen LogP contribution in [-0.2, 0) is 4.79 Å². The third-order valence-corrected chi connectivity index (χ3v) is 3.47. The molecular weight excluding hydrogens is 245 g/mol. The molecule has 1 aromatic rings. The number of halogens is 1. The summed E-state index contributed by atoms with van der Waals surface area (Å²) in [7, 11) is 0. The van der Waals surface area contributed by atoms with Crippen LogP contribution >= 0.6 is 0 Å². The highest BCUT2D eigenvalue weighted by Gasteiger charge is 2.15. The van der Waals surface area contributed by atoms with Gasteiger partial charge in [0, 0.05) is 6.04 Å². The molecule has 104 valence electrons. The van der Waals surface area contributed by atoms with Gasteiger partial charge in [-0.1, -0.05) is 19.3 Å². The van der Waals surface area contributed by atoms with Crippen molar-refractivity contribution in [3.63, 3.8) is 0 Å². The summed E-state index contributed by atoms with van der Waals surface area (Å²) in [4.78, 5) is 11.7. The molecule has 0 atom stereocenters. The van der Waals surface area contributed by atoms with Crippen LogP contribution in [0.2, 0.25) is 0 Å². The number of hydrogen-bond donors (Lipinski definition) is 1. The second-order valence-corrected chi connectivity index (χ2v) is 5.10. The first-order valence-corrected chi connectivity index (χ1v) is 6.83. The second-order valence-electron chi connectivity index (χ2n) is 5.10. The van der Waals surface area contributed by atoms with Crippen molar-refractivity contribution in [2.75, 3.05) is 6.61 Å². The van der Waals surface area contributed by atoms with Crippen LogP contribution < -0.4 is 10.1 Å². The Bertz CT molecular complexity index is 442. The highest BCUT2D eigenvalue weighted by molar-refractivity contribution is 5.77. The maximum absolute atomic E-state index is 13.1. The van der Waals surface area contributed by atoms with E-state index >= 15 is 0 Å². The van der Waals surface area contributed by atoms with Crippen molar-refractivity contribution in [2.24, 2.45) is 0 Å². The van der Waals surface area contributed by atoms with Crippen molar-refractivity contribution in [2.45, 2.75) is 45.1 Å². The minimum atomic E-state index is -0.265. The van der Waals surface area contributed by atoms with Crippen LogP contribution in [0.15, 0.2) is 18.2 Å². The van der Waals surface area contributed by atoms with E-state index in [1.807, 2.05) is 0 Å². The maximum Gasteiger partial charge on any atom is 0.258 e. The molecule has 3 nitrogen and oxygen atoms in total. The van der Waals surface area contributed by atoms with Crippen molar-refractivity contribution in [3.05, 3.63) is 29.6 Å². The predicted molar refractivity (Wildman–Crippen MR) is 71.6 cm³/mol. The van der Waals surface area contributed by atoms with E-state index in [2.05, 4.69) is 5.32 Å². The molecule has 0 aromatic heterocycles. The van der Waals surface area contributed by atoms with Gasteiger partial charge in [0.05, 0.1) is 0 Å². The molecule has 0 spiro atoms. The molecule has 0 saturated heterocycles. The topological polar surface area (TPSA) is 38.3 Å². The Labute approximate surface area is 113 Å². The van der Waals surface area contributed by atoms with Crippen LogP contribution in [-0.4, -0.2) is 18.6 Å². The summed E-state index contributed by atoms with van der Waals surface area (Å²) in [5.41, 5.74) is 0.519. The standard InChI is InChI=1S/C15H20FNO2/c1-11-9-13(7-8-14(11)16)19-10-15(18)17-12-5-3-2-4-6-12/h7-9,12H,2-6,10H2,1H3,(H,17,18). The molecule has 0 aliphatic heterocycles. The van der Waals surface area contributed by atoms with Crippen LogP contribution in [0.3, 0.4) is 0 Å². The van der Waals surface area contributed by atoms with E-state index in [0.29, 0.717) is 17.4 Å². The van der Waals surface area contributed by atoms with Gasteiger partial charge in [-0.2, -0.15) is 0 Å². The Kier molecular flexibility index (Phi) is 4.77. The number of rotatable bonds is 4. The molecule has 1 aliphatic rings. The van der Waals surface area contributed by atoms with Crippen LogP contribution in [0.5, 0.6) is 5.75 Å². The molecule has 0 radical (unpaired) electrons. The molecule has 1 fully saturated rings. The Morgan fingerprint density at radius 1 is 1.37 bits per heavy atom. The number of carbonyl (C=O) groups is 1. The van der Waals surface area contributed by atoms with Gasteiger partial charge in [-0.05, 0) is 43.5 Å². The predicted octanol–water partition coefficient (Wildman–Crippen LogP) is 2.96. The van der Waals surface area contributed by atoms with Crippen molar-refractivity contribution in [3.8, 4) is 5.75 Å². The Morgan fingerprint density at radius 3 is 2.79 bits per heavy atom. The number of benzene rings is 1. The normalized spacial score (nSPS) is 16.1. The second kappa shape index (κ2) is 6.55. The Balaban J connectivity index is 1.77. The zero-order valence-electron chi connectivity index (χ0n) is 11.2. The first-order valence-electron chi connectivity index (χ1n) is 6.83. The fourth-order valence-corrected chi connectivity index (χ4v) is 2.37. The zero-order valence-corrected chi connectivity index (χ0v) is 11.2. The molecule has 19 heavy (non-hydrogen) atoms. The lowest BCUT2D eigenvalue weighted by Crippen LogP contribution is -2.38. The molecule has 1 aromatic carbocycles. The summed E-state index contributed by atoms with van der Waals surface area (Å²) in [5.74, 6) is 0.158. The average Bonchev–Trinajstić information content (AvgIpc) is 2.41. The Hall–Kier alpha value is -1.58. The van der Waals surface area contributed by atoms with E-state index < -0.39 is 0 Å². The van der Waals surface area contributed by atoms with Crippen LogP contribution in [0.25, 0.3) is 0 Å². The van der Waals surface area contributed by atoms with E-state index in [-0.39, 0.29) is 18.3 Å². The third kappa shape index (κ3) is 4.23. The zero-order chi connectivity index (χ0) is 13.7. The largest absolute Gasteiger partial charge is 0.484 e. The summed E-state index contributed by atoms with van der Waals surface area (Å²) < 4.78 is 18.4. The van der Waals surface area contributed by atoms with Gasteiger partial charge >= 0.3 is 0 Å². The van der Waals surface area contributed by atoms with E-state index in [4.69, 9.17) is 4.74 Å². The fourth-order valence-electron chi connectivity index (χ4n) is 2.37. The van der Waals surface area contributed by atoms with Crippen molar-refractivity contribution >= 4 is 5.91 Å². The first-order chi connectivity index (χ1) is 9.15. The summed E-state index contributed by atoms with van der Waals surface area (Å²) >= 11 is 0. The number of nitrogens with one attached hydrogen (secondary N) is 1. The van der Waals surface area contributed by atoms with Gasteiger partial charge in [0.25, 0.3) is 5.91 Å². The molecule has 1 saturated carbocycles. The molecule has 0 heterocycles. The van der Waals surface area contributed by atoms with Crippen molar-refractivity contribution < 1.29 is 13.9 Å². The van der Waals surface area contributed by atoms with E-state index in [9.17, 15) is 9.18 Å². The molecule has 4 heteroatoms. The van der Waals surface area contributed by atoms with Gasteiger partial charge in [-0.3, -0.25) is 4.79 Å². The number of aryl methyl sites for hydroxylation is 1. The minimum absolute atomic E-state index is 0.0123. The van der Waals surface area contributed by atoms with E-state index in [1.165, 1.54) is 31.4 Å². The molecule has 2 rings (SSSR count). The van der Waals surface area contributed by atoms with Crippen LogP contribution in [0.1, 0.15) is 37.7 Å². The highest BCUT2D eigenvalue weighted by atomic mass is 19.1. The van der Waals surface area contributed by atoms with E-state index in [0.717, 1.165) is 12.8 Å². The van der Waals surface area contributed by atoms with Gasteiger partial charge in [0.15, 0.2) is 6.61 Å². The van der Waals surface area contributed by atoms with E-state index in [1.54, 1.807) is 13.0 Å². The summed E-state index contributed by atoms with van der Waals surface area (Å²) in [6.07, 6.45) is 5.74. The van der Waals surface area contributed by atoms with Crippen LogP contribution in [0.4, 0.5) is 4.39 Å². The monoisotopic (exact) mass is 265 g/mol. The number of carbonyl (C=O) groups excluding carboxylic acids is 1. The first kappa shape index (κ1) is 13.8. The SMILES string of the molecule is Cc1cc(OCC(=O)NC2CCCCC2)ccc1F. The van der Waals surface area contributed by atoms with Gasteiger partial charge in [-0.15, -0.1) is 0 Å². The van der Waals surface area contributed by atoms with Gasteiger partial charge in [0.2, 0.25) is 0 Å². The lowest BCUT2D eigenvalue weighted by atomic mass is 9.95. The lowest BCUT2D eigenvalue weighted by molar-refractivity contribution is -0.124. The third-order valence-electron chi connectivity index (χ3n) is 3.47. The van der Waals surface area contributed by atoms with Crippen molar-refractivity contribution in [1.29, 1.82) is 0 Å². The molecule has 1 amide bonds. The number of amides is 1. The summed E-state index contributed by atoms with van der Waals surface area (Å²) in [5, 5.41) is 2.98. The summed E-state index contributed by atoms with van der Waals surface area (Å²) in [6, 6.07) is 4.78. The summed E-state index contributed by atoms with van der Waals surface area (Å²) in [6.45, 7) is 1.66. The quantitative estimate of drug-likeness (QED) is 0.909. The molecule has 1 N–H and O–H groups in total. The van der Waals surface area contributed by atoms with Gasteiger partial charge < -0.3 is 10.1 Å². The number of ether oxygens (including phenoxy) is 1. The Morgan fingerprint density at radius 2 is 2.11 bits per heavy atom. The smallest absolute Gasteiger partial charge is 0.258 e. The molecular formula is C15H20FNO2. The molecule has 1 aliphatic carbocycles. The van der Waals surface area contributed by atoms with Gasteiger partial charge in [-0.25, -0.2) is 4.39 Å².